The van der Waals surface area contributed by atoms with Crippen molar-refractivity contribution < 1.29 is 14.3 Å². The van der Waals surface area contributed by atoms with E-state index in [4.69, 9.17) is 4.74 Å². The fourth-order valence-corrected chi connectivity index (χ4v) is 3.98. The summed E-state index contributed by atoms with van der Waals surface area (Å²) < 4.78 is 5.50. The molecule has 5 heteroatoms. The molecule has 5 nitrogen and oxygen atoms in total. The molecule has 2 saturated heterocycles. The van der Waals surface area contributed by atoms with Gasteiger partial charge in [0.1, 0.15) is 11.1 Å². The van der Waals surface area contributed by atoms with Gasteiger partial charge in [-0.15, -0.1) is 0 Å². The summed E-state index contributed by atoms with van der Waals surface area (Å²) in [5.41, 5.74) is -1.42. The third-order valence-corrected chi connectivity index (χ3v) is 5.79. The number of amides is 2. The lowest BCUT2D eigenvalue weighted by Crippen LogP contribution is -2.77. The summed E-state index contributed by atoms with van der Waals surface area (Å²) in [4.78, 5) is 28.0. The first kappa shape index (κ1) is 14.8. The lowest BCUT2D eigenvalue weighted by molar-refractivity contribution is -0.168. The van der Waals surface area contributed by atoms with E-state index >= 15 is 0 Å². The summed E-state index contributed by atoms with van der Waals surface area (Å²) in [6.45, 7) is 7.15. The molecule has 3 aliphatic rings. The van der Waals surface area contributed by atoms with Gasteiger partial charge in [0, 0.05) is 6.61 Å². The van der Waals surface area contributed by atoms with Crippen LogP contribution in [0.3, 0.4) is 0 Å². The third kappa shape index (κ3) is 2.00. The zero-order chi connectivity index (χ0) is 15.3. The molecular formula is C16H26N2O3. The minimum Gasteiger partial charge on any atom is -0.379 e. The number of carbonyl (C=O) groups is 2. The highest BCUT2D eigenvalue weighted by molar-refractivity contribution is 6.02. The molecular weight excluding hydrogens is 268 g/mol. The average molecular weight is 294 g/mol. The molecule has 2 amide bonds. The van der Waals surface area contributed by atoms with Crippen molar-refractivity contribution in [1.29, 1.82) is 0 Å². The Morgan fingerprint density at radius 2 is 1.90 bits per heavy atom. The van der Waals surface area contributed by atoms with Gasteiger partial charge in [0.25, 0.3) is 0 Å². The van der Waals surface area contributed by atoms with E-state index in [0.29, 0.717) is 32.0 Å². The lowest BCUT2D eigenvalue weighted by Gasteiger charge is -2.53. The molecule has 3 fully saturated rings. The van der Waals surface area contributed by atoms with Gasteiger partial charge in [-0.3, -0.25) is 9.59 Å². The van der Waals surface area contributed by atoms with Gasteiger partial charge in [-0.2, -0.15) is 0 Å². The summed E-state index contributed by atoms with van der Waals surface area (Å²) >= 11 is 0. The molecule has 2 atom stereocenters. The molecule has 0 radical (unpaired) electrons. The van der Waals surface area contributed by atoms with Crippen LogP contribution in [-0.4, -0.2) is 47.0 Å². The molecule has 118 valence electrons. The number of carbonyl (C=O) groups excluding carboxylic acids is 2. The molecule has 1 saturated carbocycles. The van der Waals surface area contributed by atoms with Crippen LogP contribution in [0, 0.1) is 5.92 Å². The van der Waals surface area contributed by atoms with E-state index in [1.54, 1.807) is 0 Å². The van der Waals surface area contributed by atoms with E-state index in [9.17, 15) is 9.59 Å². The van der Waals surface area contributed by atoms with E-state index in [1.807, 2.05) is 25.7 Å². The van der Waals surface area contributed by atoms with Crippen molar-refractivity contribution in [3.05, 3.63) is 0 Å². The first-order valence-electron chi connectivity index (χ1n) is 8.23. The second-order valence-corrected chi connectivity index (χ2v) is 6.86. The van der Waals surface area contributed by atoms with Crippen LogP contribution >= 0.6 is 0 Å². The number of nitrogens with one attached hydrogen (secondary N) is 1. The smallest absolute Gasteiger partial charge is 0.249 e. The van der Waals surface area contributed by atoms with Crippen LogP contribution in [-0.2, 0) is 14.3 Å². The Hall–Kier alpha value is -1.10. The standard InChI is InChI=1S/C16H26N2O3/c1-4-16(5-2)14(20)18(12-8-9-21-10-12)15(3,11-6-7-11)13(19)17-16/h11-12H,4-10H2,1-3H3,(H,17,19). The van der Waals surface area contributed by atoms with E-state index in [1.165, 1.54) is 0 Å². The van der Waals surface area contributed by atoms with Crippen LogP contribution in [0.2, 0.25) is 0 Å². The highest BCUT2D eigenvalue weighted by Gasteiger charge is 2.62. The molecule has 0 aromatic carbocycles. The molecule has 0 aromatic heterocycles. The van der Waals surface area contributed by atoms with Gasteiger partial charge in [-0.25, -0.2) is 0 Å². The minimum atomic E-state index is -0.728. The lowest BCUT2D eigenvalue weighted by atomic mass is 9.79. The summed E-state index contributed by atoms with van der Waals surface area (Å²) in [6.07, 6.45) is 4.18. The Balaban J connectivity index is 2.02. The summed E-state index contributed by atoms with van der Waals surface area (Å²) in [7, 11) is 0. The zero-order valence-electron chi connectivity index (χ0n) is 13.3. The summed E-state index contributed by atoms with van der Waals surface area (Å²) in [6, 6.07) is 0.0478. The van der Waals surface area contributed by atoms with Gasteiger partial charge in [0.05, 0.1) is 12.6 Å². The van der Waals surface area contributed by atoms with Crippen molar-refractivity contribution in [2.24, 2.45) is 5.92 Å². The number of piperazine rings is 1. The van der Waals surface area contributed by atoms with Gasteiger partial charge < -0.3 is 15.0 Å². The molecule has 3 rings (SSSR count). The Morgan fingerprint density at radius 3 is 2.38 bits per heavy atom. The number of hydrogen-bond acceptors (Lipinski definition) is 3. The molecule has 1 N–H and O–H groups in total. The zero-order valence-corrected chi connectivity index (χ0v) is 13.3. The number of hydrogen-bond donors (Lipinski definition) is 1. The van der Waals surface area contributed by atoms with Crippen molar-refractivity contribution in [2.75, 3.05) is 13.2 Å². The van der Waals surface area contributed by atoms with Gasteiger partial charge >= 0.3 is 0 Å². The van der Waals surface area contributed by atoms with Crippen LogP contribution in [0.25, 0.3) is 0 Å². The molecule has 2 aliphatic heterocycles. The maximum absolute atomic E-state index is 13.2. The molecule has 2 unspecified atom stereocenters. The minimum absolute atomic E-state index is 0.0280. The fraction of sp³-hybridized carbons (Fsp3) is 0.875. The van der Waals surface area contributed by atoms with Crippen molar-refractivity contribution in [2.45, 2.75) is 70.0 Å². The van der Waals surface area contributed by atoms with Crippen LogP contribution in [0.5, 0.6) is 0 Å². The molecule has 2 heterocycles. The molecule has 0 spiro atoms. The largest absolute Gasteiger partial charge is 0.379 e. The highest BCUT2D eigenvalue weighted by atomic mass is 16.5. The van der Waals surface area contributed by atoms with Crippen LogP contribution in [0.1, 0.15) is 52.9 Å². The second-order valence-electron chi connectivity index (χ2n) is 6.86. The van der Waals surface area contributed by atoms with E-state index in [0.717, 1.165) is 19.3 Å². The Morgan fingerprint density at radius 1 is 1.24 bits per heavy atom. The highest BCUT2D eigenvalue weighted by Crippen LogP contribution is 2.47. The summed E-state index contributed by atoms with van der Waals surface area (Å²) in [5.74, 6) is 0.422. The molecule has 21 heavy (non-hydrogen) atoms. The second kappa shape index (κ2) is 4.97. The monoisotopic (exact) mass is 294 g/mol. The maximum Gasteiger partial charge on any atom is 0.249 e. The van der Waals surface area contributed by atoms with Crippen molar-refractivity contribution in [1.82, 2.24) is 10.2 Å². The molecule has 1 aliphatic carbocycles. The Kier molecular flexibility index (Phi) is 3.51. The quantitative estimate of drug-likeness (QED) is 0.854. The van der Waals surface area contributed by atoms with E-state index in [2.05, 4.69) is 5.32 Å². The van der Waals surface area contributed by atoms with Crippen molar-refractivity contribution in [3.63, 3.8) is 0 Å². The fourth-order valence-electron chi connectivity index (χ4n) is 3.98. The first-order chi connectivity index (χ1) is 9.99. The summed E-state index contributed by atoms with van der Waals surface area (Å²) in [5, 5.41) is 3.07. The normalized spacial score (nSPS) is 36.0. The van der Waals surface area contributed by atoms with Crippen LogP contribution in [0.4, 0.5) is 0 Å². The SMILES string of the molecule is CCC1(CC)NC(=O)C(C)(C2CC2)N(C2CCOC2)C1=O. The number of ether oxygens (including phenoxy) is 1. The van der Waals surface area contributed by atoms with Crippen LogP contribution < -0.4 is 5.32 Å². The predicted octanol–water partition coefficient (Wildman–Crippen LogP) is 1.46. The predicted molar refractivity (Wildman–Crippen MR) is 78.7 cm³/mol. The number of nitrogens with zero attached hydrogens (tertiary/aromatic N) is 1. The van der Waals surface area contributed by atoms with Gasteiger partial charge in [0.2, 0.25) is 11.8 Å². The molecule has 0 bridgehead atoms. The van der Waals surface area contributed by atoms with Crippen molar-refractivity contribution in [3.8, 4) is 0 Å². The Bertz CT molecular complexity index is 450. The van der Waals surface area contributed by atoms with Gasteiger partial charge in [0.15, 0.2) is 0 Å². The van der Waals surface area contributed by atoms with Crippen LogP contribution in [0.15, 0.2) is 0 Å². The van der Waals surface area contributed by atoms with E-state index in [-0.39, 0.29) is 17.9 Å². The topological polar surface area (TPSA) is 58.6 Å². The average Bonchev–Trinajstić information content (AvgIpc) is 3.21. The van der Waals surface area contributed by atoms with Gasteiger partial charge in [-0.1, -0.05) is 13.8 Å². The van der Waals surface area contributed by atoms with Crippen molar-refractivity contribution >= 4 is 11.8 Å². The first-order valence-corrected chi connectivity index (χ1v) is 8.23. The number of rotatable bonds is 4. The Labute approximate surface area is 126 Å². The third-order valence-electron chi connectivity index (χ3n) is 5.79. The maximum atomic E-state index is 13.2. The molecule has 0 aromatic rings. The van der Waals surface area contributed by atoms with Gasteiger partial charge in [-0.05, 0) is 44.9 Å². The van der Waals surface area contributed by atoms with E-state index < -0.39 is 11.1 Å².